The van der Waals surface area contributed by atoms with Gasteiger partial charge in [-0.1, -0.05) is 35.9 Å². The molecular formula is C17H22Cl2N2O2S. The average molecular weight is 389 g/mol. The van der Waals surface area contributed by atoms with Gasteiger partial charge in [0.25, 0.3) is 0 Å². The molecule has 0 atom stereocenters. The number of thioether (sulfide) groups is 1. The Morgan fingerprint density at radius 2 is 1.92 bits per heavy atom. The molecule has 132 valence electrons. The van der Waals surface area contributed by atoms with Gasteiger partial charge in [0, 0.05) is 42.0 Å². The summed E-state index contributed by atoms with van der Waals surface area (Å²) in [7, 11) is 1.67. The highest BCUT2D eigenvalue weighted by atomic mass is 35.5. The zero-order chi connectivity index (χ0) is 16.5. The molecule has 0 aromatic heterocycles. The van der Waals surface area contributed by atoms with Crippen molar-refractivity contribution in [1.29, 1.82) is 0 Å². The summed E-state index contributed by atoms with van der Waals surface area (Å²) >= 11 is 7.80. The van der Waals surface area contributed by atoms with Crippen molar-refractivity contribution in [1.82, 2.24) is 10.6 Å². The van der Waals surface area contributed by atoms with E-state index in [0.29, 0.717) is 23.9 Å². The molecule has 24 heavy (non-hydrogen) atoms. The third kappa shape index (κ3) is 6.49. The van der Waals surface area contributed by atoms with Crippen molar-refractivity contribution in [2.45, 2.75) is 4.90 Å². The van der Waals surface area contributed by atoms with E-state index in [4.69, 9.17) is 16.3 Å². The van der Waals surface area contributed by atoms with Crippen LogP contribution in [0.1, 0.15) is 0 Å². The van der Waals surface area contributed by atoms with Crippen LogP contribution in [0.5, 0.6) is 0 Å². The smallest absolute Gasteiger partial charge is 0.230 e. The van der Waals surface area contributed by atoms with Crippen molar-refractivity contribution < 1.29 is 9.53 Å². The highest BCUT2D eigenvalue weighted by molar-refractivity contribution is 8.00. The van der Waals surface area contributed by atoms with E-state index in [9.17, 15) is 4.79 Å². The van der Waals surface area contributed by atoms with E-state index in [1.54, 1.807) is 7.11 Å². The van der Waals surface area contributed by atoms with Crippen LogP contribution in [-0.2, 0) is 9.53 Å². The van der Waals surface area contributed by atoms with Crippen LogP contribution in [-0.4, -0.2) is 45.0 Å². The second-order valence-electron chi connectivity index (χ2n) is 4.98. The van der Waals surface area contributed by atoms with Crippen LogP contribution >= 0.6 is 35.8 Å². The van der Waals surface area contributed by atoms with E-state index < -0.39 is 0 Å². The Balaban J connectivity index is 0.00000288. The van der Waals surface area contributed by atoms with Gasteiger partial charge in [0.15, 0.2) is 0 Å². The van der Waals surface area contributed by atoms with Crippen LogP contribution < -0.4 is 10.6 Å². The number of methoxy groups -OCH3 is 1. The van der Waals surface area contributed by atoms with E-state index in [1.807, 2.05) is 36.4 Å². The lowest BCUT2D eigenvalue weighted by Gasteiger charge is -2.09. The second-order valence-corrected chi connectivity index (χ2v) is 6.40. The Hall–Kier alpha value is -0.980. The van der Waals surface area contributed by atoms with Gasteiger partial charge in [0.1, 0.15) is 0 Å². The van der Waals surface area contributed by atoms with Gasteiger partial charge in [-0.3, -0.25) is 4.79 Å². The van der Waals surface area contributed by atoms with Crippen LogP contribution in [0.25, 0.3) is 10.8 Å². The Morgan fingerprint density at radius 3 is 2.67 bits per heavy atom. The predicted molar refractivity (Wildman–Crippen MR) is 105 cm³/mol. The standard InChI is InChI=1S/C17H21ClN2O2S.ClH/c1-22-11-10-19-8-9-20-16(21)12-23-15-7-3-5-13-4-2-6-14(18)17(13)15;/h2-7,19H,8-12H2,1H3,(H,20,21);1H. The fourth-order valence-corrected chi connectivity index (χ4v) is 3.44. The van der Waals surface area contributed by atoms with Crippen LogP contribution in [0.3, 0.4) is 0 Å². The minimum Gasteiger partial charge on any atom is -0.383 e. The molecule has 2 rings (SSSR count). The van der Waals surface area contributed by atoms with E-state index in [0.717, 1.165) is 28.8 Å². The van der Waals surface area contributed by atoms with E-state index in [1.165, 1.54) is 11.8 Å². The first kappa shape index (κ1) is 21.1. The molecule has 0 heterocycles. The highest BCUT2D eigenvalue weighted by Gasteiger charge is 2.08. The monoisotopic (exact) mass is 388 g/mol. The van der Waals surface area contributed by atoms with Crippen LogP contribution in [0.15, 0.2) is 41.3 Å². The molecule has 4 nitrogen and oxygen atoms in total. The molecule has 0 unspecified atom stereocenters. The largest absolute Gasteiger partial charge is 0.383 e. The molecule has 0 aliphatic carbocycles. The quantitative estimate of drug-likeness (QED) is 0.510. The van der Waals surface area contributed by atoms with Crippen LogP contribution in [0.4, 0.5) is 0 Å². The normalized spacial score (nSPS) is 10.4. The molecule has 7 heteroatoms. The number of fused-ring (bicyclic) bond motifs is 1. The molecule has 0 bridgehead atoms. The molecule has 0 spiro atoms. The molecule has 0 aliphatic heterocycles. The maximum atomic E-state index is 11.9. The molecule has 0 radical (unpaired) electrons. The summed E-state index contributed by atoms with van der Waals surface area (Å²) in [6.07, 6.45) is 0. The summed E-state index contributed by atoms with van der Waals surface area (Å²) in [6, 6.07) is 11.8. The zero-order valence-corrected chi connectivity index (χ0v) is 15.9. The van der Waals surface area contributed by atoms with Gasteiger partial charge in [0.05, 0.1) is 12.4 Å². The number of hydrogen-bond donors (Lipinski definition) is 2. The summed E-state index contributed by atoms with van der Waals surface area (Å²) in [5, 5.41) is 8.89. The summed E-state index contributed by atoms with van der Waals surface area (Å²) < 4.78 is 4.94. The predicted octanol–water partition coefficient (Wildman–Crippen LogP) is 3.36. The number of ether oxygens (including phenoxy) is 1. The maximum Gasteiger partial charge on any atom is 0.230 e. The van der Waals surface area contributed by atoms with Crippen molar-refractivity contribution in [3.05, 3.63) is 41.4 Å². The van der Waals surface area contributed by atoms with Gasteiger partial charge in [-0.15, -0.1) is 24.2 Å². The first-order chi connectivity index (χ1) is 11.2. The highest BCUT2D eigenvalue weighted by Crippen LogP contribution is 2.32. The minimum absolute atomic E-state index is 0. The number of carbonyl (C=O) groups is 1. The van der Waals surface area contributed by atoms with Crippen molar-refractivity contribution in [3.63, 3.8) is 0 Å². The Labute approximate surface area is 158 Å². The van der Waals surface area contributed by atoms with Gasteiger partial charge >= 0.3 is 0 Å². The van der Waals surface area contributed by atoms with Gasteiger partial charge < -0.3 is 15.4 Å². The molecular weight excluding hydrogens is 367 g/mol. The van der Waals surface area contributed by atoms with Gasteiger partial charge in [-0.25, -0.2) is 0 Å². The number of benzene rings is 2. The first-order valence-corrected chi connectivity index (χ1v) is 8.85. The van der Waals surface area contributed by atoms with E-state index in [2.05, 4.69) is 10.6 Å². The number of halogens is 2. The third-order valence-corrected chi connectivity index (χ3v) is 4.65. The van der Waals surface area contributed by atoms with Crippen molar-refractivity contribution >= 4 is 52.4 Å². The maximum absolute atomic E-state index is 11.9. The molecule has 2 N–H and O–H groups in total. The summed E-state index contributed by atoms with van der Waals surface area (Å²) in [5.41, 5.74) is 0. The topological polar surface area (TPSA) is 50.4 Å². The lowest BCUT2D eigenvalue weighted by molar-refractivity contribution is -0.118. The number of hydrogen-bond acceptors (Lipinski definition) is 4. The molecule has 2 aromatic carbocycles. The Morgan fingerprint density at radius 1 is 1.17 bits per heavy atom. The average Bonchev–Trinajstić information content (AvgIpc) is 2.56. The lowest BCUT2D eigenvalue weighted by atomic mass is 10.1. The SMILES string of the molecule is COCCNCCNC(=O)CSc1cccc2cccc(Cl)c12.Cl. The number of carbonyl (C=O) groups excluding carboxylic acids is 1. The van der Waals surface area contributed by atoms with E-state index in [-0.39, 0.29) is 18.3 Å². The molecule has 0 saturated carbocycles. The van der Waals surface area contributed by atoms with Crippen LogP contribution in [0.2, 0.25) is 5.02 Å². The van der Waals surface area contributed by atoms with Crippen molar-refractivity contribution in [2.75, 3.05) is 39.1 Å². The van der Waals surface area contributed by atoms with E-state index >= 15 is 0 Å². The van der Waals surface area contributed by atoms with Gasteiger partial charge in [-0.2, -0.15) is 0 Å². The molecule has 1 amide bonds. The third-order valence-electron chi connectivity index (χ3n) is 3.28. The summed E-state index contributed by atoms with van der Waals surface area (Å²) in [5.74, 6) is 0.398. The summed E-state index contributed by atoms with van der Waals surface area (Å²) in [4.78, 5) is 12.9. The number of amides is 1. The van der Waals surface area contributed by atoms with Crippen molar-refractivity contribution in [3.8, 4) is 0 Å². The molecule has 0 saturated heterocycles. The fraction of sp³-hybridized carbons (Fsp3) is 0.353. The second kappa shape index (κ2) is 11.6. The Kier molecular flexibility index (Phi) is 10.1. The minimum atomic E-state index is 0. The number of nitrogens with one attached hydrogen (secondary N) is 2. The zero-order valence-electron chi connectivity index (χ0n) is 13.5. The Bertz CT molecular complexity index is 650. The molecule has 2 aromatic rings. The summed E-state index contributed by atoms with van der Waals surface area (Å²) in [6.45, 7) is 2.81. The van der Waals surface area contributed by atoms with Gasteiger partial charge in [-0.05, 0) is 17.5 Å². The molecule has 0 fully saturated rings. The first-order valence-electron chi connectivity index (χ1n) is 7.49. The number of rotatable bonds is 9. The van der Waals surface area contributed by atoms with Gasteiger partial charge in [0.2, 0.25) is 5.91 Å². The lowest BCUT2D eigenvalue weighted by Crippen LogP contribution is -2.33. The molecule has 0 aliphatic rings. The fourth-order valence-electron chi connectivity index (χ4n) is 2.17. The van der Waals surface area contributed by atoms with Crippen molar-refractivity contribution in [2.24, 2.45) is 0 Å². The van der Waals surface area contributed by atoms with Crippen LogP contribution in [0, 0.1) is 0 Å².